The number of fused-ring (bicyclic) bond motifs is 2. The van der Waals surface area contributed by atoms with Crippen molar-refractivity contribution in [1.29, 1.82) is 0 Å². The molecule has 1 atom stereocenters. The van der Waals surface area contributed by atoms with E-state index < -0.39 is 5.92 Å². The molecule has 1 aromatic heterocycles. The standard InChI is InChI=1S/C18H16N4O2/c1-22-16-5-3-2-4-13(16)14(9-17(22)23)18(24)20-12-7-6-11-10-19-21-15(11)8-12/h2-8,10,14H,9H2,1H3,(H,19,21)(H,20,24). The van der Waals surface area contributed by atoms with Crippen molar-refractivity contribution in [3.63, 3.8) is 0 Å². The second-order valence-corrected chi connectivity index (χ2v) is 5.93. The molecule has 0 saturated heterocycles. The third-order valence-corrected chi connectivity index (χ3v) is 4.45. The lowest BCUT2D eigenvalue weighted by atomic mass is 9.89. The van der Waals surface area contributed by atoms with Gasteiger partial charge in [-0.3, -0.25) is 14.7 Å². The Morgan fingerprint density at radius 3 is 3.00 bits per heavy atom. The number of H-pyrrole nitrogens is 1. The van der Waals surface area contributed by atoms with Crippen LogP contribution in [0.3, 0.4) is 0 Å². The number of amides is 2. The van der Waals surface area contributed by atoms with Crippen LogP contribution in [0.1, 0.15) is 17.9 Å². The maximum absolute atomic E-state index is 12.7. The van der Waals surface area contributed by atoms with Crippen molar-refractivity contribution in [2.75, 3.05) is 17.3 Å². The van der Waals surface area contributed by atoms with Crippen molar-refractivity contribution >= 4 is 34.1 Å². The first-order chi connectivity index (χ1) is 11.6. The number of benzene rings is 2. The molecule has 0 bridgehead atoms. The molecule has 0 radical (unpaired) electrons. The van der Waals surface area contributed by atoms with E-state index in [-0.39, 0.29) is 18.2 Å². The monoisotopic (exact) mass is 320 g/mol. The third kappa shape index (κ3) is 2.32. The molecule has 4 rings (SSSR count). The van der Waals surface area contributed by atoms with Crippen LogP contribution in [0.2, 0.25) is 0 Å². The molecule has 2 N–H and O–H groups in total. The van der Waals surface area contributed by atoms with Crippen molar-refractivity contribution in [3.05, 3.63) is 54.2 Å². The fourth-order valence-corrected chi connectivity index (χ4v) is 3.12. The Morgan fingerprint density at radius 1 is 1.29 bits per heavy atom. The van der Waals surface area contributed by atoms with Crippen molar-refractivity contribution in [2.24, 2.45) is 0 Å². The summed E-state index contributed by atoms with van der Waals surface area (Å²) in [5, 5.41) is 10.7. The number of aromatic nitrogens is 2. The van der Waals surface area contributed by atoms with Gasteiger partial charge in [-0.2, -0.15) is 5.10 Å². The Bertz CT molecular complexity index is 947. The first kappa shape index (κ1) is 14.4. The van der Waals surface area contributed by atoms with Gasteiger partial charge in [0, 0.05) is 30.2 Å². The molecule has 0 fully saturated rings. The van der Waals surface area contributed by atoms with Crippen molar-refractivity contribution in [1.82, 2.24) is 10.2 Å². The maximum atomic E-state index is 12.7. The lowest BCUT2D eigenvalue weighted by Crippen LogP contribution is -2.37. The Hall–Kier alpha value is -3.15. The number of rotatable bonds is 2. The quantitative estimate of drug-likeness (QED) is 0.762. The van der Waals surface area contributed by atoms with Gasteiger partial charge in [-0.15, -0.1) is 0 Å². The van der Waals surface area contributed by atoms with Crippen LogP contribution in [-0.2, 0) is 9.59 Å². The lowest BCUT2D eigenvalue weighted by Gasteiger charge is -2.30. The molecule has 1 aliphatic heterocycles. The van der Waals surface area contributed by atoms with Crippen LogP contribution in [0.4, 0.5) is 11.4 Å². The summed E-state index contributed by atoms with van der Waals surface area (Å²) in [4.78, 5) is 26.6. The summed E-state index contributed by atoms with van der Waals surface area (Å²) in [7, 11) is 1.74. The van der Waals surface area contributed by atoms with Crippen LogP contribution >= 0.6 is 0 Å². The molecule has 1 aliphatic rings. The Morgan fingerprint density at radius 2 is 2.12 bits per heavy atom. The molecule has 0 saturated carbocycles. The SMILES string of the molecule is CN1C(=O)CC(C(=O)Nc2ccc3cn[nH]c3c2)c2ccccc21. The minimum atomic E-state index is -0.484. The molecule has 0 spiro atoms. The van der Waals surface area contributed by atoms with E-state index in [1.807, 2.05) is 42.5 Å². The second kappa shape index (κ2) is 5.49. The summed E-state index contributed by atoms with van der Waals surface area (Å²) < 4.78 is 0. The summed E-state index contributed by atoms with van der Waals surface area (Å²) in [5.41, 5.74) is 3.20. The Labute approximate surface area is 138 Å². The highest BCUT2D eigenvalue weighted by molar-refractivity contribution is 6.06. The fraction of sp³-hybridized carbons (Fsp3) is 0.167. The number of hydrogen-bond acceptors (Lipinski definition) is 3. The fourth-order valence-electron chi connectivity index (χ4n) is 3.12. The van der Waals surface area contributed by atoms with Crippen molar-refractivity contribution in [3.8, 4) is 0 Å². The highest BCUT2D eigenvalue weighted by Gasteiger charge is 2.33. The molecule has 1 unspecified atom stereocenters. The number of para-hydroxylation sites is 1. The number of nitrogens with one attached hydrogen (secondary N) is 2. The van der Waals surface area contributed by atoms with E-state index >= 15 is 0 Å². The van der Waals surface area contributed by atoms with E-state index in [0.717, 1.165) is 22.2 Å². The number of hydrogen-bond donors (Lipinski definition) is 2. The van der Waals surface area contributed by atoms with Crippen LogP contribution in [0, 0.1) is 0 Å². The van der Waals surface area contributed by atoms with Gasteiger partial charge < -0.3 is 10.2 Å². The predicted molar refractivity (Wildman–Crippen MR) is 91.9 cm³/mol. The maximum Gasteiger partial charge on any atom is 0.232 e. The molecule has 6 heteroatoms. The third-order valence-electron chi connectivity index (χ3n) is 4.45. The van der Waals surface area contributed by atoms with E-state index in [1.165, 1.54) is 0 Å². The number of anilines is 2. The van der Waals surface area contributed by atoms with Gasteiger partial charge >= 0.3 is 0 Å². The molecule has 24 heavy (non-hydrogen) atoms. The van der Waals surface area contributed by atoms with Crippen LogP contribution in [-0.4, -0.2) is 29.1 Å². The summed E-state index contributed by atoms with van der Waals surface area (Å²) in [5.74, 6) is -0.719. The van der Waals surface area contributed by atoms with Gasteiger partial charge in [0.2, 0.25) is 11.8 Å². The van der Waals surface area contributed by atoms with E-state index in [9.17, 15) is 9.59 Å². The molecule has 2 heterocycles. The van der Waals surface area contributed by atoms with Crippen LogP contribution in [0.25, 0.3) is 10.9 Å². The number of carbonyl (C=O) groups excluding carboxylic acids is 2. The molecule has 2 aromatic carbocycles. The van der Waals surface area contributed by atoms with Gasteiger partial charge in [-0.1, -0.05) is 18.2 Å². The van der Waals surface area contributed by atoms with Crippen LogP contribution in [0.5, 0.6) is 0 Å². The van der Waals surface area contributed by atoms with Gasteiger partial charge in [0.15, 0.2) is 0 Å². The summed E-state index contributed by atoms with van der Waals surface area (Å²) >= 11 is 0. The smallest absolute Gasteiger partial charge is 0.232 e. The molecule has 2 amide bonds. The number of aromatic amines is 1. The molecule has 120 valence electrons. The highest BCUT2D eigenvalue weighted by atomic mass is 16.2. The summed E-state index contributed by atoms with van der Waals surface area (Å²) in [6, 6.07) is 13.1. The first-order valence-corrected chi connectivity index (χ1v) is 7.73. The normalized spacial score (nSPS) is 17.0. The van der Waals surface area contributed by atoms with Gasteiger partial charge in [0.05, 0.1) is 17.6 Å². The minimum absolute atomic E-state index is 0.0575. The average molecular weight is 320 g/mol. The largest absolute Gasteiger partial charge is 0.325 e. The van der Waals surface area contributed by atoms with Crippen molar-refractivity contribution in [2.45, 2.75) is 12.3 Å². The zero-order chi connectivity index (χ0) is 16.7. The molecule has 0 aliphatic carbocycles. The highest BCUT2D eigenvalue weighted by Crippen LogP contribution is 2.35. The topological polar surface area (TPSA) is 78.1 Å². The van der Waals surface area contributed by atoms with E-state index in [4.69, 9.17) is 0 Å². The van der Waals surface area contributed by atoms with Gasteiger partial charge in [0.25, 0.3) is 0 Å². The first-order valence-electron chi connectivity index (χ1n) is 7.73. The van der Waals surface area contributed by atoms with Crippen LogP contribution < -0.4 is 10.2 Å². The lowest BCUT2D eigenvalue weighted by molar-refractivity contribution is -0.124. The molecule has 6 nitrogen and oxygen atoms in total. The zero-order valence-corrected chi connectivity index (χ0v) is 13.1. The Kier molecular flexibility index (Phi) is 3.30. The minimum Gasteiger partial charge on any atom is -0.325 e. The number of carbonyl (C=O) groups is 2. The van der Waals surface area contributed by atoms with Gasteiger partial charge in [-0.25, -0.2) is 0 Å². The zero-order valence-electron chi connectivity index (χ0n) is 13.1. The van der Waals surface area contributed by atoms with Gasteiger partial charge in [-0.05, 0) is 29.8 Å². The molecular formula is C18H16N4O2. The summed E-state index contributed by atoms with van der Waals surface area (Å²) in [6.45, 7) is 0. The van der Waals surface area contributed by atoms with Crippen LogP contribution in [0.15, 0.2) is 48.7 Å². The average Bonchev–Trinajstić information content (AvgIpc) is 3.06. The molecule has 3 aromatic rings. The van der Waals surface area contributed by atoms with Crippen molar-refractivity contribution < 1.29 is 9.59 Å². The molecular weight excluding hydrogens is 304 g/mol. The Balaban J connectivity index is 1.64. The predicted octanol–water partition coefficient (Wildman–Crippen LogP) is 2.65. The number of nitrogens with zero attached hydrogens (tertiary/aromatic N) is 2. The van der Waals surface area contributed by atoms with E-state index in [1.54, 1.807) is 18.1 Å². The second-order valence-electron chi connectivity index (χ2n) is 5.93. The van der Waals surface area contributed by atoms with E-state index in [0.29, 0.717) is 5.69 Å². The van der Waals surface area contributed by atoms with E-state index in [2.05, 4.69) is 15.5 Å². The summed E-state index contributed by atoms with van der Waals surface area (Å²) in [6.07, 6.45) is 1.90. The van der Waals surface area contributed by atoms with Gasteiger partial charge in [0.1, 0.15) is 0 Å².